The number of aromatic amines is 1. The first-order valence-corrected chi connectivity index (χ1v) is 11.9. The zero-order valence-electron chi connectivity index (χ0n) is 19.1. The Bertz CT molecular complexity index is 1630. The quantitative estimate of drug-likeness (QED) is 0.403. The van der Waals surface area contributed by atoms with Gasteiger partial charge < -0.3 is 15.2 Å². The summed E-state index contributed by atoms with van der Waals surface area (Å²) in [7, 11) is 1.86. The number of pyridine rings is 2. The molecule has 1 aliphatic heterocycles. The zero-order chi connectivity index (χ0) is 23.6. The van der Waals surface area contributed by atoms with Crippen molar-refractivity contribution in [3.8, 4) is 10.4 Å². The molecule has 5 aromatic heterocycles. The number of thiazole rings is 1. The number of fused-ring (bicyclic) bond motifs is 5. The van der Waals surface area contributed by atoms with E-state index in [0.29, 0.717) is 39.5 Å². The maximum Gasteiger partial charge on any atom is 0.261 e. The second-order valence-corrected chi connectivity index (χ2v) is 10.7. The summed E-state index contributed by atoms with van der Waals surface area (Å²) in [6, 6.07) is 1.74. The number of nitrogens with zero attached hydrogens (tertiary/aromatic N) is 6. The van der Waals surface area contributed by atoms with Gasteiger partial charge in [-0.1, -0.05) is 13.8 Å². The normalized spacial score (nSPS) is 15.9. The second kappa shape index (κ2) is 7.47. The lowest BCUT2D eigenvalue weighted by molar-refractivity contribution is -0.117. The van der Waals surface area contributed by atoms with Crippen molar-refractivity contribution in [1.82, 2.24) is 34.3 Å². The van der Waals surface area contributed by atoms with Crippen LogP contribution in [0.15, 0.2) is 35.6 Å². The molecule has 0 aromatic carbocycles. The van der Waals surface area contributed by atoms with Gasteiger partial charge in [-0.2, -0.15) is 10.2 Å². The molecule has 0 atom stereocenters. The van der Waals surface area contributed by atoms with Gasteiger partial charge in [-0.05, 0) is 11.5 Å². The van der Waals surface area contributed by atoms with E-state index in [1.54, 1.807) is 27.7 Å². The van der Waals surface area contributed by atoms with Crippen LogP contribution in [0.4, 0.5) is 5.69 Å². The lowest BCUT2D eigenvalue weighted by Gasteiger charge is -2.45. The van der Waals surface area contributed by atoms with Crippen LogP contribution in [0.3, 0.4) is 0 Å². The minimum absolute atomic E-state index is 0.0697. The van der Waals surface area contributed by atoms with E-state index < -0.39 is 0 Å². The summed E-state index contributed by atoms with van der Waals surface area (Å²) in [6.07, 6.45) is 7.64. The average Bonchev–Trinajstić information content (AvgIpc) is 3.44. The molecule has 1 fully saturated rings. The van der Waals surface area contributed by atoms with Crippen molar-refractivity contribution < 1.29 is 4.79 Å². The lowest BCUT2D eigenvalue weighted by atomic mass is 9.84. The fourth-order valence-electron chi connectivity index (χ4n) is 4.71. The fraction of sp³-hybridized carbons (Fsp3) is 0.348. The number of carbonyl (C=O) groups excluding carboxylic acids is 1. The minimum atomic E-state index is -0.234. The van der Waals surface area contributed by atoms with Gasteiger partial charge in [0, 0.05) is 51.1 Å². The molecule has 0 aliphatic carbocycles. The number of aryl methyl sites for hydroxylation is 1. The number of aromatic nitrogens is 6. The highest BCUT2D eigenvalue weighted by molar-refractivity contribution is 7.21. The highest BCUT2D eigenvalue weighted by atomic mass is 32.1. The van der Waals surface area contributed by atoms with Crippen LogP contribution in [0.5, 0.6) is 0 Å². The Morgan fingerprint density at radius 1 is 1.24 bits per heavy atom. The number of likely N-dealkylation sites (tertiary alicyclic amines) is 1. The molecule has 0 unspecified atom stereocenters. The fourth-order valence-corrected chi connectivity index (χ4v) is 5.77. The third-order valence-electron chi connectivity index (χ3n) is 6.13. The van der Waals surface area contributed by atoms with Gasteiger partial charge in [-0.3, -0.25) is 19.3 Å². The summed E-state index contributed by atoms with van der Waals surface area (Å²) >= 11 is 1.49. The molecule has 6 heterocycles. The van der Waals surface area contributed by atoms with Crippen LogP contribution >= 0.6 is 11.3 Å². The van der Waals surface area contributed by atoms with Crippen LogP contribution < -0.4 is 10.9 Å². The molecule has 174 valence electrons. The number of nitrogens with one attached hydrogen (secondary N) is 2. The summed E-state index contributed by atoms with van der Waals surface area (Å²) in [4.78, 5) is 36.8. The van der Waals surface area contributed by atoms with E-state index in [2.05, 4.69) is 44.2 Å². The van der Waals surface area contributed by atoms with Gasteiger partial charge in [0.2, 0.25) is 5.91 Å². The molecule has 1 amide bonds. The summed E-state index contributed by atoms with van der Waals surface area (Å²) < 4.78 is 3.46. The second-order valence-electron chi connectivity index (χ2n) is 9.72. The van der Waals surface area contributed by atoms with E-state index in [4.69, 9.17) is 0 Å². The predicted octanol–water partition coefficient (Wildman–Crippen LogP) is 2.86. The van der Waals surface area contributed by atoms with Gasteiger partial charge >= 0.3 is 0 Å². The largest absolute Gasteiger partial charge is 0.325 e. The van der Waals surface area contributed by atoms with E-state index in [1.165, 1.54) is 11.3 Å². The van der Waals surface area contributed by atoms with E-state index in [1.807, 2.05) is 19.4 Å². The molecule has 10 nitrogen and oxygen atoms in total. The van der Waals surface area contributed by atoms with Gasteiger partial charge in [-0.15, -0.1) is 11.3 Å². The highest BCUT2D eigenvalue weighted by Gasteiger charge is 2.33. The Kier molecular flexibility index (Phi) is 4.61. The zero-order valence-corrected chi connectivity index (χ0v) is 19.9. The highest BCUT2D eigenvalue weighted by Crippen LogP contribution is 2.33. The van der Waals surface area contributed by atoms with Gasteiger partial charge in [0.25, 0.3) is 5.56 Å². The van der Waals surface area contributed by atoms with Crippen molar-refractivity contribution in [2.45, 2.75) is 20.3 Å². The summed E-state index contributed by atoms with van der Waals surface area (Å²) in [5.74, 6) is -0.0697. The Hall–Kier alpha value is -3.57. The Morgan fingerprint density at radius 3 is 2.79 bits per heavy atom. The molecule has 11 heteroatoms. The van der Waals surface area contributed by atoms with Crippen LogP contribution in [-0.4, -0.2) is 59.8 Å². The molecule has 1 saturated heterocycles. The molecule has 5 aromatic rings. The van der Waals surface area contributed by atoms with Crippen molar-refractivity contribution in [1.29, 1.82) is 0 Å². The first-order valence-electron chi connectivity index (χ1n) is 11.1. The molecule has 34 heavy (non-hydrogen) atoms. The van der Waals surface area contributed by atoms with E-state index >= 15 is 0 Å². The molecule has 1 aliphatic rings. The van der Waals surface area contributed by atoms with Gasteiger partial charge in [-0.25, -0.2) is 4.52 Å². The number of amides is 1. The third-order valence-corrected chi connectivity index (χ3v) is 7.28. The molecular formula is C23H24N8O2S. The molecule has 0 spiro atoms. The van der Waals surface area contributed by atoms with Crippen molar-refractivity contribution in [3.05, 3.63) is 41.2 Å². The van der Waals surface area contributed by atoms with Crippen LogP contribution in [0.2, 0.25) is 0 Å². The monoisotopic (exact) mass is 476 g/mol. The number of H-pyrrole nitrogens is 1. The van der Waals surface area contributed by atoms with Crippen LogP contribution in [0.1, 0.15) is 20.3 Å². The van der Waals surface area contributed by atoms with Crippen molar-refractivity contribution in [3.63, 3.8) is 0 Å². The standard InChI is InChI=1S/C23H24N8O2S/c1-23(2)11-30(12-23)5-4-17(32)26-14-6-15-19(24-8-14)20-18(21(33)27-15)22-31(28-20)10-16(34-22)13-7-25-29(3)9-13/h6-10H,4-5,11-12H2,1-3H3,(H,26,32)(H,27,33). The molecular weight excluding hydrogens is 452 g/mol. The molecule has 6 rings (SSSR count). The average molecular weight is 477 g/mol. The predicted molar refractivity (Wildman–Crippen MR) is 132 cm³/mol. The maximum atomic E-state index is 13.0. The Labute approximate surface area is 198 Å². The van der Waals surface area contributed by atoms with Gasteiger partial charge in [0.05, 0.1) is 28.5 Å². The van der Waals surface area contributed by atoms with Crippen molar-refractivity contribution >= 4 is 49.7 Å². The topological polar surface area (TPSA) is 113 Å². The van der Waals surface area contributed by atoms with Crippen LogP contribution in [0.25, 0.3) is 37.2 Å². The maximum absolute atomic E-state index is 13.0. The number of hydrogen-bond acceptors (Lipinski definition) is 7. The first kappa shape index (κ1) is 21.0. The molecule has 0 bridgehead atoms. The van der Waals surface area contributed by atoms with E-state index in [-0.39, 0.29) is 11.5 Å². The molecule has 0 saturated carbocycles. The smallest absolute Gasteiger partial charge is 0.261 e. The van der Waals surface area contributed by atoms with E-state index in [9.17, 15) is 9.59 Å². The molecule has 2 N–H and O–H groups in total. The Morgan fingerprint density at radius 2 is 2.06 bits per heavy atom. The van der Waals surface area contributed by atoms with Crippen LogP contribution in [-0.2, 0) is 11.8 Å². The van der Waals surface area contributed by atoms with Crippen molar-refractivity contribution in [2.24, 2.45) is 12.5 Å². The van der Waals surface area contributed by atoms with Crippen LogP contribution in [0, 0.1) is 5.41 Å². The number of rotatable bonds is 5. The van der Waals surface area contributed by atoms with Crippen molar-refractivity contribution in [2.75, 3.05) is 25.0 Å². The summed E-state index contributed by atoms with van der Waals surface area (Å²) in [5, 5.41) is 12.3. The van der Waals surface area contributed by atoms with Gasteiger partial charge in [0.1, 0.15) is 21.3 Å². The Balaban J connectivity index is 1.27. The number of anilines is 1. The summed E-state index contributed by atoms with van der Waals surface area (Å²) in [5.41, 5.74) is 3.31. The SMILES string of the molecule is Cn1cc(-c2cn3nc4c5ncc(NC(=O)CCN6CC(C)(C)C6)cc5[nH]c(=O)c4c3s2)cn1. The minimum Gasteiger partial charge on any atom is -0.325 e. The first-order chi connectivity index (χ1) is 16.3. The number of hydrogen-bond donors (Lipinski definition) is 2. The van der Waals surface area contributed by atoms with Gasteiger partial charge in [0.15, 0.2) is 0 Å². The van der Waals surface area contributed by atoms with E-state index in [0.717, 1.165) is 34.9 Å². The summed E-state index contributed by atoms with van der Waals surface area (Å²) in [6.45, 7) is 7.22. The lowest BCUT2D eigenvalue weighted by Crippen LogP contribution is -2.53. The third kappa shape index (κ3) is 3.57. The molecule has 0 radical (unpaired) electrons. The number of carbonyl (C=O) groups is 1.